The average Bonchev–Trinajstić information content (AvgIpc) is 2.74. The van der Waals surface area contributed by atoms with Gasteiger partial charge < -0.3 is 9.47 Å². The number of hydrogen-bond donors (Lipinski definition) is 0. The molecule has 0 radical (unpaired) electrons. The Labute approximate surface area is 211 Å². The highest BCUT2D eigenvalue weighted by Crippen LogP contribution is 2.30. The molecule has 0 amide bonds. The van der Waals surface area contributed by atoms with Crippen molar-refractivity contribution in [1.82, 2.24) is 4.31 Å². The van der Waals surface area contributed by atoms with E-state index in [1.54, 1.807) is 26.0 Å². The fourth-order valence-corrected chi connectivity index (χ4v) is 6.53. The summed E-state index contributed by atoms with van der Waals surface area (Å²) in [5, 5.41) is 0. The summed E-state index contributed by atoms with van der Waals surface area (Å²) in [6.45, 7) is 12.9. The molecule has 0 spiro atoms. The zero-order chi connectivity index (χ0) is 26.2. The van der Waals surface area contributed by atoms with E-state index < -0.39 is 33.9 Å². The van der Waals surface area contributed by atoms with Crippen molar-refractivity contribution in [3.05, 3.63) is 57.8 Å². The maximum absolute atomic E-state index is 14.0. The first-order valence-electron chi connectivity index (χ1n) is 10.8. The van der Waals surface area contributed by atoms with Gasteiger partial charge in [0.25, 0.3) is 0 Å². The van der Waals surface area contributed by atoms with Crippen LogP contribution in [0.25, 0.3) is 0 Å². The van der Waals surface area contributed by atoms with Crippen molar-refractivity contribution in [2.45, 2.75) is 52.0 Å². The van der Waals surface area contributed by atoms with Gasteiger partial charge in [0.2, 0.25) is 10.0 Å². The number of benzene rings is 1. The van der Waals surface area contributed by atoms with Gasteiger partial charge in [0.05, 0.1) is 25.2 Å². The molecule has 0 aliphatic heterocycles. The molecule has 34 heavy (non-hydrogen) atoms. The van der Waals surface area contributed by atoms with Crippen LogP contribution in [0.5, 0.6) is 0 Å². The number of nitrogens with zero attached hydrogens (tertiary/aromatic N) is 1. The molecule has 9 heteroatoms. The van der Waals surface area contributed by atoms with Gasteiger partial charge in [0.1, 0.15) is 0 Å². The van der Waals surface area contributed by atoms with Gasteiger partial charge in [-0.05, 0) is 50.3 Å². The first-order valence-corrected chi connectivity index (χ1v) is 13.0. The number of aryl methyl sites for hydroxylation is 3. The first-order chi connectivity index (χ1) is 15.8. The Bertz CT molecular complexity index is 1050. The van der Waals surface area contributed by atoms with Gasteiger partial charge in [0.15, 0.2) is 5.92 Å². The van der Waals surface area contributed by atoms with Crippen molar-refractivity contribution in [2.24, 2.45) is 11.8 Å². The highest BCUT2D eigenvalue weighted by Gasteiger charge is 2.35. The van der Waals surface area contributed by atoms with E-state index in [1.165, 1.54) is 18.5 Å². The lowest BCUT2D eigenvalue weighted by molar-refractivity contribution is -0.158. The number of esters is 2. The van der Waals surface area contributed by atoms with Crippen molar-refractivity contribution in [2.75, 3.05) is 20.8 Å². The molecular formula is C25H34BrNO6S. The van der Waals surface area contributed by atoms with Crippen molar-refractivity contribution < 1.29 is 27.5 Å². The van der Waals surface area contributed by atoms with Gasteiger partial charge >= 0.3 is 11.9 Å². The topological polar surface area (TPSA) is 90.0 Å². The lowest BCUT2D eigenvalue weighted by Crippen LogP contribution is -2.43. The zero-order valence-electron chi connectivity index (χ0n) is 20.8. The molecule has 1 atom stereocenters. The van der Waals surface area contributed by atoms with Crippen LogP contribution in [-0.4, -0.2) is 51.5 Å². The molecule has 0 saturated carbocycles. The largest absolute Gasteiger partial charge is 0.468 e. The van der Waals surface area contributed by atoms with Crippen LogP contribution in [0.4, 0.5) is 0 Å². The van der Waals surface area contributed by atoms with Crippen molar-refractivity contribution in [3.8, 4) is 0 Å². The van der Waals surface area contributed by atoms with E-state index in [9.17, 15) is 18.0 Å². The maximum atomic E-state index is 14.0. The first kappa shape index (κ1) is 29.8. The Hall–Kier alpha value is -2.19. The summed E-state index contributed by atoms with van der Waals surface area (Å²) in [6.07, 6.45) is 3.21. The second kappa shape index (κ2) is 13.0. The second-order valence-corrected chi connectivity index (χ2v) is 11.2. The van der Waals surface area contributed by atoms with Crippen molar-refractivity contribution >= 4 is 37.9 Å². The third kappa shape index (κ3) is 7.40. The summed E-state index contributed by atoms with van der Waals surface area (Å²) in [5.74, 6) is -2.68. The number of methoxy groups -OCH3 is 2. The zero-order valence-corrected chi connectivity index (χ0v) is 23.2. The number of hydrogen-bond acceptors (Lipinski definition) is 6. The number of carbonyl (C=O) groups is 2. The molecule has 7 nitrogen and oxygen atoms in total. The van der Waals surface area contributed by atoms with Gasteiger partial charge in [-0.1, -0.05) is 60.1 Å². The molecule has 1 aromatic carbocycles. The van der Waals surface area contributed by atoms with E-state index in [-0.39, 0.29) is 23.8 Å². The van der Waals surface area contributed by atoms with E-state index in [4.69, 9.17) is 0 Å². The minimum absolute atomic E-state index is 0.0138. The average molecular weight is 557 g/mol. The van der Waals surface area contributed by atoms with E-state index in [2.05, 4.69) is 37.7 Å². The van der Waals surface area contributed by atoms with Gasteiger partial charge in [0, 0.05) is 11.0 Å². The van der Waals surface area contributed by atoms with Crippen LogP contribution in [0.3, 0.4) is 0 Å². The van der Waals surface area contributed by atoms with Crippen LogP contribution in [-0.2, 0) is 29.1 Å². The van der Waals surface area contributed by atoms with Gasteiger partial charge in [-0.3, -0.25) is 9.59 Å². The number of allylic oxidation sites excluding steroid dienone is 1. The molecule has 0 unspecified atom stereocenters. The summed E-state index contributed by atoms with van der Waals surface area (Å²) in [4.78, 5) is 24.2. The van der Waals surface area contributed by atoms with Gasteiger partial charge in [-0.15, -0.1) is 5.73 Å². The molecule has 0 saturated heterocycles. The molecule has 188 valence electrons. The van der Waals surface area contributed by atoms with Crippen LogP contribution in [0.2, 0.25) is 0 Å². The molecule has 0 aliphatic rings. The summed E-state index contributed by atoms with van der Waals surface area (Å²) in [5.41, 5.74) is 5.01. The predicted molar refractivity (Wildman–Crippen MR) is 136 cm³/mol. The van der Waals surface area contributed by atoms with Crippen LogP contribution in [0.1, 0.15) is 37.0 Å². The molecular weight excluding hydrogens is 522 g/mol. The highest BCUT2D eigenvalue weighted by atomic mass is 79.9. The molecule has 1 aromatic rings. The quantitative estimate of drug-likeness (QED) is 0.225. The highest BCUT2D eigenvalue weighted by molar-refractivity contribution is 9.11. The maximum Gasteiger partial charge on any atom is 0.320 e. The molecule has 0 heterocycles. The SMILES string of the molecule is C=C=C[C@H](C(C)C)N(C/C(Br)=C/CC(C(=O)OC)C(=O)OC)S(=O)(=O)c1c(C)cc(C)cc1C. The minimum atomic E-state index is -3.94. The smallest absolute Gasteiger partial charge is 0.320 e. The number of sulfonamides is 1. The Balaban J connectivity index is 3.53. The normalized spacial score (nSPS) is 13.1. The number of ether oxygens (including phenoxy) is 2. The van der Waals surface area contributed by atoms with Crippen LogP contribution in [0, 0.1) is 32.6 Å². The van der Waals surface area contributed by atoms with E-state index >= 15 is 0 Å². The fourth-order valence-electron chi connectivity index (χ4n) is 3.80. The van der Waals surface area contributed by atoms with Crippen molar-refractivity contribution in [1.29, 1.82) is 0 Å². The fraction of sp³-hybridized carbons (Fsp3) is 0.480. The number of halogens is 1. The summed E-state index contributed by atoms with van der Waals surface area (Å²) < 4.78 is 39.1. The Morgan fingerprint density at radius 1 is 1.12 bits per heavy atom. The molecule has 0 N–H and O–H groups in total. The monoisotopic (exact) mass is 555 g/mol. The number of rotatable bonds is 11. The second-order valence-electron chi connectivity index (χ2n) is 8.37. The predicted octanol–water partition coefficient (Wildman–Crippen LogP) is 4.60. The molecule has 0 bridgehead atoms. The van der Waals surface area contributed by atoms with E-state index in [0.717, 1.165) is 5.56 Å². The van der Waals surface area contributed by atoms with Crippen LogP contribution in [0.15, 0.2) is 46.0 Å². The van der Waals surface area contributed by atoms with E-state index in [1.807, 2.05) is 32.9 Å². The standard InChI is InChI=1S/C25H34BrNO6S/c1-9-10-22(16(2)3)27(34(30,31)23-18(5)13-17(4)14-19(23)6)15-20(26)11-12-21(24(28)32-7)25(29)33-8/h10-11,13-14,16,21-22H,1,12,15H2,2-8H3/b20-11-/t22-/m1/s1. The lowest BCUT2D eigenvalue weighted by Gasteiger charge is -2.32. The lowest BCUT2D eigenvalue weighted by atomic mass is 10.0. The molecule has 0 aromatic heterocycles. The Morgan fingerprint density at radius 3 is 2.03 bits per heavy atom. The number of carbonyl (C=O) groups excluding carboxylic acids is 2. The Morgan fingerprint density at radius 2 is 1.62 bits per heavy atom. The van der Waals surface area contributed by atoms with Crippen molar-refractivity contribution in [3.63, 3.8) is 0 Å². The summed E-state index contributed by atoms with van der Waals surface area (Å²) >= 11 is 3.43. The van der Waals surface area contributed by atoms with Crippen LogP contribution >= 0.6 is 15.9 Å². The third-order valence-corrected chi connectivity index (χ3v) is 8.05. The Kier molecular flexibility index (Phi) is 11.5. The van der Waals surface area contributed by atoms with Gasteiger partial charge in [-0.2, -0.15) is 4.31 Å². The van der Waals surface area contributed by atoms with Gasteiger partial charge in [-0.25, -0.2) is 8.42 Å². The third-order valence-electron chi connectivity index (χ3n) is 5.33. The molecule has 0 aliphatic carbocycles. The molecule has 1 rings (SSSR count). The minimum Gasteiger partial charge on any atom is -0.468 e. The van der Waals surface area contributed by atoms with Crippen LogP contribution < -0.4 is 0 Å². The summed E-state index contributed by atoms with van der Waals surface area (Å²) in [7, 11) is -1.57. The van der Waals surface area contributed by atoms with E-state index in [0.29, 0.717) is 15.6 Å². The molecule has 0 fully saturated rings. The summed E-state index contributed by atoms with van der Waals surface area (Å²) in [6, 6.07) is 3.16.